The molecule has 2 heterocycles. The van der Waals surface area contributed by atoms with Crippen LogP contribution < -0.4 is 10.2 Å². The van der Waals surface area contributed by atoms with Gasteiger partial charge in [0.2, 0.25) is 0 Å². The van der Waals surface area contributed by atoms with Crippen molar-refractivity contribution in [3.8, 4) is 0 Å². The van der Waals surface area contributed by atoms with E-state index < -0.39 is 4.92 Å². The lowest BCUT2D eigenvalue weighted by molar-refractivity contribution is -0.385. The summed E-state index contributed by atoms with van der Waals surface area (Å²) in [5, 5.41) is 14.3. The lowest BCUT2D eigenvalue weighted by atomic mass is 10.1. The van der Waals surface area contributed by atoms with Gasteiger partial charge in [0.05, 0.1) is 4.92 Å². The number of para-hydroxylation sites is 1. The Morgan fingerprint density at radius 2 is 1.68 bits per heavy atom. The summed E-state index contributed by atoms with van der Waals surface area (Å²) in [5.41, 5.74) is 4.58. The van der Waals surface area contributed by atoms with Crippen LogP contribution in [0.2, 0.25) is 0 Å². The molecule has 1 aliphatic heterocycles. The number of rotatable bonds is 7. The Kier molecular flexibility index (Phi) is 6.43. The highest BCUT2D eigenvalue weighted by atomic mass is 16.6. The monoisotopic (exact) mass is 417 g/mol. The maximum absolute atomic E-state index is 10.9. The van der Waals surface area contributed by atoms with Gasteiger partial charge in [-0.2, -0.15) is 0 Å². The number of nitro groups is 1. The van der Waals surface area contributed by atoms with Gasteiger partial charge in [-0.05, 0) is 35.7 Å². The summed E-state index contributed by atoms with van der Waals surface area (Å²) in [6.07, 6.45) is 1.30. The predicted octanol–water partition coefficient (Wildman–Crippen LogP) is 4.23. The van der Waals surface area contributed by atoms with E-state index in [1.54, 1.807) is 6.07 Å². The zero-order chi connectivity index (χ0) is 21.6. The van der Waals surface area contributed by atoms with E-state index >= 15 is 0 Å². The Morgan fingerprint density at radius 3 is 2.35 bits per heavy atom. The van der Waals surface area contributed by atoms with Gasteiger partial charge in [0, 0.05) is 51.0 Å². The van der Waals surface area contributed by atoms with E-state index in [4.69, 9.17) is 0 Å². The van der Waals surface area contributed by atoms with E-state index in [-0.39, 0.29) is 5.69 Å². The molecule has 4 rings (SSSR count). The van der Waals surface area contributed by atoms with Crippen molar-refractivity contribution < 1.29 is 4.92 Å². The molecule has 0 aliphatic carbocycles. The van der Waals surface area contributed by atoms with Crippen molar-refractivity contribution in [1.82, 2.24) is 9.88 Å². The first-order chi connectivity index (χ1) is 15.1. The fourth-order valence-corrected chi connectivity index (χ4v) is 3.95. The van der Waals surface area contributed by atoms with E-state index in [1.807, 2.05) is 13.0 Å². The van der Waals surface area contributed by atoms with Gasteiger partial charge in [-0.15, -0.1) is 0 Å². The third-order valence-electron chi connectivity index (χ3n) is 5.73. The number of aryl methyl sites for hydroxylation is 1. The Balaban J connectivity index is 1.36. The highest BCUT2D eigenvalue weighted by Crippen LogP contribution is 2.21. The van der Waals surface area contributed by atoms with Gasteiger partial charge >= 0.3 is 0 Å². The van der Waals surface area contributed by atoms with E-state index in [0.717, 1.165) is 38.3 Å². The van der Waals surface area contributed by atoms with E-state index in [1.165, 1.54) is 23.0 Å². The van der Waals surface area contributed by atoms with Crippen LogP contribution in [0.1, 0.15) is 16.7 Å². The van der Waals surface area contributed by atoms with Crippen LogP contribution in [0.3, 0.4) is 0 Å². The minimum atomic E-state index is -0.420. The maximum atomic E-state index is 10.9. The zero-order valence-corrected chi connectivity index (χ0v) is 17.7. The number of hydrogen-bond acceptors (Lipinski definition) is 6. The molecule has 1 fully saturated rings. The zero-order valence-electron chi connectivity index (χ0n) is 17.7. The van der Waals surface area contributed by atoms with Crippen LogP contribution in [-0.4, -0.2) is 41.0 Å². The second-order valence-corrected chi connectivity index (χ2v) is 7.84. The van der Waals surface area contributed by atoms with Crippen molar-refractivity contribution in [2.75, 3.05) is 36.4 Å². The molecule has 0 bridgehead atoms. The number of hydrogen-bond donors (Lipinski definition) is 1. The summed E-state index contributed by atoms with van der Waals surface area (Å²) >= 11 is 0. The number of anilines is 2. The Labute approximate surface area is 182 Å². The minimum absolute atomic E-state index is 0.0121. The van der Waals surface area contributed by atoms with Gasteiger partial charge in [0.15, 0.2) is 0 Å². The highest BCUT2D eigenvalue weighted by Gasteiger charge is 2.18. The lowest BCUT2D eigenvalue weighted by Crippen LogP contribution is -2.46. The predicted molar refractivity (Wildman–Crippen MR) is 123 cm³/mol. The van der Waals surface area contributed by atoms with Gasteiger partial charge in [-0.3, -0.25) is 15.0 Å². The standard InChI is InChI=1S/C24H27N5O2/c1-19-15-23(29(30)31)17-26-24(19)25-16-20-7-5-6-8-21(20)18-27-11-13-28(14-12-27)22-9-3-2-4-10-22/h2-10,15,17H,11-14,16,18H2,1H3,(H,25,26). The van der Waals surface area contributed by atoms with Gasteiger partial charge in [-0.1, -0.05) is 42.5 Å². The number of nitrogens with zero attached hydrogens (tertiary/aromatic N) is 4. The molecule has 2 aromatic carbocycles. The van der Waals surface area contributed by atoms with Gasteiger partial charge < -0.3 is 10.2 Å². The summed E-state index contributed by atoms with van der Waals surface area (Å²) in [6.45, 7) is 7.48. The average molecular weight is 418 g/mol. The fraction of sp³-hybridized carbons (Fsp3) is 0.292. The fourth-order valence-electron chi connectivity index (χ4n) is 3.95. The largest absolute Gasteiger partial charge is 0.369 e. The van der Waals surface area contributed by atoms with E-state index in [9.17, 15) is 10.1 Å². The smallest absolute Gasteiger partial charge is 0.287 e. The topological polar surface area (TPSA) is 74.5 Å². The molecule has 3 aromatic rings. The summed E-state index contributed by atoms with van der Waals surface area (Å²) in [7, 11) is 0. The molecule has 0 atom stereocenters. The molecule has 1 aromatic heterocycles. The van der Waals surface area contributed by atoms with Crippen LogP contribution in [0.15, 0.2) is 66.9 Å². The Bertz CT molecular complexity index is 1030. The minimum Gasteiger partial charge on any atom is -0.369 e. The quantitative estimate of drug-likeness (QED) is 0.458. The molecule has 0 unspecified atom stereocenters. The van der Waals surface area contributed by atoms with Gasteiger partial charge in [-0.25, -0.2) is 4.98 Å². The molecule has 7 heteroatoms. The summed E-state index contributed by atoms with van der Waals surface area (Å²) in [6, 6.07) is 20.6. The molecule has 1 saturated heterocycles. The molecule has 0 spiro atoms. The SMILES string of the molecule is Cc1cc([N+](=O)[O-])cnc1NCc1ccccc1CN1CCN(c2ccccc2)CC1. The Morgan fingerprint density at radius 1 is 1.00 bits per heavy atom. The second-order valence-electron chi connectivity index (χ2n) is 7.84. The van der Waals surface area contributed by atoms with Crippen LogP contribution in [0, 0.1) is 17.0 Å². The molecule has 1 aliphatic rings. The van der Waals surface area contributed by atoms with Crippen LogP contribution in [0.4, 0.5) is 17.2 Å². The maximum Gasteiger partial charge on any atom is 0.287 e. The molecule has 1 N–H and O–H groups in total. The summed E-state index contributed by atoms with van der Waals surface area (Å²) in [4.78, 5) is 19.7. The first kappa shape index (κ1) is 20.8. The van der Waals surface area contributed by atoms with Crippen LogP contribution >= 0.6 is 0 Å². The van der Waals surface area contributed by atoms with Crippen molar-refractivity contribution in [2.24, 2.45) is 0 Å². The summed E-state index contributed by atoms with van der Waals surface area (Å²) in [5.74, 6) is 0.678. The number of piperazine rings is 1. The molecule has 0 saturated carbocycles. The number of aromatic nitrogens is 1. The number of pyridine rings is 1. The van der Waals surface area contributed by atoms with Crippen molar-refractivity contribution in [2.45, 2.75) is 20.0 Å². The van der Waals surface area contributed by atoms with E-state index in [2.05, 4.69) is 68.6 Å². The molecule has 0 amide bonds. The third-order valence-corrected chi connectivity index (χ3v) is 5.73. The first-order valence-electron chi connectivity index (χ1n) is 10.5. The Hall–Kier alpha value is -3.45. The molecule has 31 heavy (non-hydrogen) atoms. The molecule has 0 radical (unpaired) electrons. The van der Waals surface area contributed by atoms with Crippen molar-refractivity contribution in [1.29, 1.82) is 0 Å². The highest BCUT2D eigenvalue weighted by molar-refractivity contribution is 5.49. The lowest BCUT2D eigenvalue weighted by Gasteiger charge is -2.36. The van der Waals surface area contributed by atoms with Gasteiger partial charge in [0.25, 0.3) is 5.69 Å². The average Bonchev–Trinajstić information content (AvgIpc) is 2.80. The number of benzene rings is 2. The molecular formula is C24H27N5O2. The normalized spacial score (nSPS) is 14.4. The molecule has 160 valence electrons. The first-order valence-corrected chi connectivity index (χ1v) is 10.5. The van der Waals surface area contributed by atoms with Crippen LogP contribution in [0.5, 0.6) is 0 Å². The van der Waals surface area contributed by atoms with Crippen LogP contribution in [0.25, 0.3) is 0 Å². The van der Waals surface area contributed by atoms with Crippen molar-refractivity contribution in [3.63, 3.8) is 0 Å². The molecular weight excluding hydrogens is 390 g/mol. The van der Waals surface area contributed by atoms with Gasteiger partial charge in [0.1, 0.15) is 12.0 Å². The molecule has 7 nitrogen and oxygen atoms in total. The third kappa shape index (κ3) is 5.19. The van der Waals surface area contributed by atoms with E-state index in [0.29, 0.717) is 12.4 Å². The summed E-state index contributed by atoms with van der Waals surface area (Å²) < 4.78 is 0. The van der Waals surface area contributed by atoms with Crippen molar-refractivity contribution in [3.05, 3.63) is 93.7 Å². The van der Waals surface area contributed by atoms with Crippen LogP contribution in [-0.2, 0) is 13.1 Å². The number of nitrogens with one attached hydrogen (secondary N) is 1. The van der Waals surface area contributed by atoms with Crippen molar-refractivity contribution >= 4 is 17.2 Å². The second kappa shape index (κ2) is 9.57.